The molecule has 18 heavy (non-hydrogen) atoms. The molecular weight excluding hydrogens is 222 g/mol. The lowest BCUT2D eigenvalue weighted by atomic mass is 9.99. The average molecular weight is 249 g/mol. The summed E-state index contributed by atoms with van der Waals surface area (Å²) in [6.45, 7) is 8.89. The van der Waals surface area contributed by atoms with Crippen molar-refractivity contribution in [1.29, 1.82) is 0 Å². The first-order chi connectivity index (χ1) is 8.46. The van der Waals surface area contributed by atoms with Crippen molar-refractivity contribution < 1.29 is 0 Å². The zero-order valence-electron chi connectivity index (χ0n) is 12.6. The first kappa shape index (κ1) is 15.0. The van der Waals surface area contributed by atoms with Gasteiger partial charge in [0.25, 0.3) is 0 Å². The van der Waals surface area contributed by atoms with E-state index in [2.05, 4.69) is 62.1 Å². The molecule has 0 saturated carbocycles. The Morgan fingerprint density at radius 2 is 2.00 bits per heavy atom. The zero-order valence-corrected chi connectivity index (χ0v) is 12.6. The van der Waals surface area contributed by atoms with Gasteiger partial charge in [-0.25, -0.2) is 0 Å². The largest absolute Gasteiger partial charge is 0.368 e. The number of rotatable bonds is 6. The molecule has 3 nitrogen and oxygen atoms in total. The molecule has 1 rings (SSSR count). The van der Waals surface area contributed by atoms with Crippen LogP contribution in [-0.4, -0.2) is 24.6 Å². The SMILES string of the molecule is CCC(NC)c1ccc(N(C)C(C)(C)CC)cn1. The van der Waals surface area contributed by atoms with Crippen molar-refractivity contribution in [1.82, 2.24) is 10.3 Å². The Bertz CT molecular complexity index is 353. The highest BCUT2D eigenvalue weighted by Gasteiger charge is 2.21. The Balaban J connectivity index is 2.89. The number of nitrogens with one attached hydrogen (secondary N) is 1. The first-order valence-corrected chi connectivity index (χ1v) is 6.83. The number of aromatic nitrogens is 1. The quantitative estimate of drug-likeness (QED) is 0.837. The Hall–Kier alpha value is -1.09. The molecule has 0 aromatic carbocycles. The van der Waals surface area contributed by atoms with Crippen molar-refractivity contribution in [3.8, 4) is 0 Å². The second-order valence-electron chi connectivity index (χ2n) is 5.42. The van der Waals surface area contributed by atoms with Gasteiger partial charge in [0.1, 0.15) is 0 Å². The molecule has 1 aromatic heterocycles. The second-order valence-corrected chi connectivity index (χ2v) is 5.42. The summed E-state index contributed by atoms with van der Waals surface area (Å²) in [6, 6.07) is 4.64. The van der Waals surface area contributed by atoms with E-state index in [1.165, 1.54) is 5.69 Å². The lowest BCUT2D eigenvalue weighted by Crippen LogP contribution is -2.40. The third kappa shape index (κ3) is 3.22. The van der Waals surface area contributed by atoms with Crippen molar-refractivity contribution >= 4 is 5.69 Å². The van der Waals surface area contributed by atoms with E-state index in [1.54, 1.807) is 0 Å². The number of hydrogen-bond acceptors (Lipinski definition) is 3. The fraction of sp³-hybridized carbons (Fsp3) is 0.667. The Morgan fingerprint density at radius 1 is 1.33 bits per heavy atom. The molecule has 1 aromatic rings. The van der Waals surface area contributed by atoms with Crippen molar-refractivity contribution in [3.63, 3.8) is 0 Å². The van der Waals surface area contributed by atoms with E-state index in [9.17, 15) is 0 Å². The molecule has 0 radical (unpaired) electrons. The average Bonchev–Trinajstić information content (AvgIpc) is 2.40. The topological polar surface area (TPSA) is 28.2 Å². The molecule has 0 fully saturated rings. The highest BCUT2D eigenvalue weighted by atomic mass is 15.2. The number of hydrogen-bond donors (Lipinski definition) is 1. The van der Waals surface area contributed by atoms with E-state index in [-0.39, 0.29) is 5.54 Å². The summed E-state index contributed by atoms with van der Waals surface area (Å²) in [7, 11) is 4.12. The van der Waals surface area contributed by atoms with Crippen LogP contribution < -0.4 is 10.2 Å². The minimum atomic E-state index is 0.163. The standard InChI is InChI=1S/C15H27N3/c1-7-13(16-5)14-10-9-12(11-17-14)18(6)15(3,4)8-2/h9-11,13,16H,7-8H2,1-6H3. The van der Waals surface area contributed by atoms with Gasteiger partial charge in [-0.2, -0.15) is 0 Å². The highest BCUT2D eigenvalue weighted by Crippen LogP contribution is 2.25. The minimum Gasteiger partial charge on any atom is -0.368 e. The Labute approximate surface area is 112 Å². The van der Waals surface area contributed by atoms with E-state index in [0.29, 0.717) is 6.04 Å². The van der Waals surface area contributed by atoms with Crippen LogP contribution in [0.3, 0.4) is 0 Å². The molecule has 102 valence electrons. The summed E-state index contributed by atoms with van der Waals surface area (Å²) < 4.78 is 0. The zero-order chi connectivity index (χ0) is 13.8. The third-order valence-electron chi connectivity index (χ3n) is 4.04. The van der Waals surface area contributed by atoms with E-state index >= 15 is 0 Å². The smallest absolute Gasteiger partial charge is 0.0574 e. The van der Waals surface area contributed by atoms with Crippen LogP contribution in [0, 0.1) is 0 Å². The van der Waals surface area contributed by atoms with Gasteiger partial charge in [-0.3, -0.25) is 4.98 Å². The van der Waals surface area contributed by atoms with Crippen molar-refractivity contribution in [2.45, 2.75) is 52.1 Å². The van der Waals surface area contributed by atoms with Crippen LogP contribution in [0.5, 0.6) is 0 Å². The molecule has 1 atom stereocenters. The van der Waals surface area contributed by atoms with Gasteiger partial charge in [0, 0.05) is 18.6 Å². The molecule has 0 saturated heterocycles. The molecule has 1 heterocycles. The number of nitrogens with zero attached hydrogens (tertiary/aromatic N) is 2. The molecular formula is C15H27N3. The van der Waals surface area contributed by atoms with Crippen LogP contribution in [0.1, 0.15) is 52.3 Å². The van der Waals surface area contributed by atoms with Crippen LogP contribution >= 0.6 is 0 Å². The van der Waals surface area contributed by atoms with Crippen LogP contribution in [0.2, 0.25) is 0 Å². The van der Waals surface area contributed by atoms with E-state index in [4.69, 9.17) is 0 Å². The molecule has 1 N–H and O–H groups in total. The summed E-state index contributed by atoms with van der Waals surface area (Å²) in [4.78, 5) is 6.88. The lowest BCUT2D eigenvalue weighted by Gasteiger charge is -2.36. The highest BCUT2D eigenvalue weighted by molar-refractivity contribution is 5.46. The van der Waals surface area contributed by atoms with Gasteiger partial charge in [-0.15, -0.1) is 0 Å². The summed E-state index contributed by atoms with van der Waals surface area (Å²) >= 11 is 0. The van der Waals surface area contributed by atoms with Gasteiger partial charge in [0.05, 0.1) is 17.6 Å². The van der Waals surface area contributed by atoms with Gasteiger partial charge >= 0.3 is 0 Å². The number of anilines is 1. The number of pyridine rings is 1. The van der Waals surface area contributed by atoms with Crippen LogP contribution in [0.4, 0.5) is 5.69 Å². The first-order valence-electron chi connectivity index (χ1n) is 6.83. The summed E-state index contributed by atoms with van der Waals surface area (Å²) in [6.07, 6.45) is 4.14. The maximum absolute atomic E-state index is 4.59. The van der Waals surface area contributed by atoms with Crippen LogP contribution in [-0.2, 0) is 0 Å². The summed E-state index contributed by atoms with van der Waals surface area (Å²) in [5, 5.41) is 3.28. The molecule has 3 heteroatoms. The van der Waals surface area contributed by atoms with Crippen molar-refractivity contribution in [2.75, 3.05) is 19.0 Å². The molecule has 0 spiro atoms. The van der Waals surface area contributed by atoms with Gasteiger partial charge in [0.2, 0.25) is 0 Å². The minimum absolute atomic E-state index is 0.163. The van der Waals surface area contributed by atoms with E-state index < -0.39 is 0 Å². The normalized spacial score (nSPS) is 13.4. The van der Waals surface area contributed by atoms with Gasteiger partial charge < -0.3 is 10.2 Å². The molecule has 1 unspecified atom stereocenters. The second kappa shape index (κ2) is 6.19. The van der Waals surface area contributed by atoms with Crippen molar-refractivity contribution in [2.24, 2.45) is 0 Å². The summed E-state index contributed by atoms with van der Waals surface area (Å²) in [5.74, 6) is 0. The van der Waals surface area contributed by atoms with Gasteiger partial charge in [-0.1, -0.05) is 13.8 Å². The van der Waals surface area contributed by atoms with E-state index in [1.807, 2.05) is 13.2 Å². The monoisotopic (exact) mass is 249 g/mol. The van der Waals surface area contributed by atoms with Crippen LogP contribution in [0.25, 0.3) is 0 Å². The third-order valence-corrected chi connectivity index (χ3v) is 4.04. The van der Waals surface area contributed by atoms with Crippen LogP contribution in [0.15, 0.2) is 18.3 Å². The molecule has 0 aliphatic heterocycles. The fourth-order valence-corrected chi connectivity index (χ4v) is 1.95. The van der Waals surface area contributed by atoms with Gasteiger partial charge in [0.15, 0.2) is 0 Å². The summed E-state index contributed by atoms with van der Waals surface area (Å²) in [5.41, 5.74) is 2.46. The Morgan fingerprint density at radius 3 is 2.39 bits per heavy atom. The predicted molar refractivity (Wildman–Crippen MR) is 79.1 cm³/mol. The fourth-order valence-electron chi connectivity index (χ4n) is 1.95. The Kier molecular flexibility index (Phi) is 5.15. The lowest BCUT2D eigenvalue weighted by molar-refractivity contribution is 0.470. The van der Waals surface area contributed by atoms with E-state index in [0.717, 1.165) is 18.5 Å². The van der Waals surface area contributed by atoms with Crippen molar-refractivity contribution in [3.05, 3.63) is 24.0 Å². The molecule has 0 aliphatic rings. The maximum Gasteiger partial charge on any atom is 0.0574 e. The molecule has 0 bridgehead atoms. The maximum atomic E-state index is 4.59. The van der Waals surface area contributed by atoms with Gasteiger partial charge in [-0.05, 0) is 45.9 Å². The predicted octanol–water partition coefficient (Wildman–Crippen LogP) is 3.38. The molecule has 0 aliphatic carbocycles. The molecule has 0 amide bonds.